The molecule has 0 amide bonds. The zero-order chi connectivity index (χ0) is 18.5. The average molecular weight is 357 g/mol. The van der Waals surface area contributed by atoms with Gasteiger partial charge in [0, 0.05) is 25.2 Å². The number of nitrogens with two attached hydrogens (primary N) is 2. The molecule has 0 aliphatic heterocycles. The summed E-state index contributed by atoms with van der Waals surface area (Å²) in [7, 11) is 0. The standard InChI is InChI=1S/C15H21F6N3/c1-9(22)2-3-13(23)8-24-7-10-4-11(14(16,17)18)6-12(5-10)15(19,20)21/h4-6,9,13,24H,2-3,7-8,22-23H2,1H3. The first-order chi connectivity index (χ1) is 10.9. The van der Waals surface area contributed by atoms with Gasteiger partial charge in [-0.3, -0.25) is 0 Å². The second kappa shape index (κ2) is 8.17. The molecule has 1 aromatic carbocycles. The van der Waals surface area contributed by atoms with E-state index in [1.807, 2.05) is 6.92 Å². The molecule has 0 aliphatic rings. The third kappa shape index (κ3) is 7.06. The Labute approximate surface area is 136 Å². The monoisotopic (exact) mass is 357 g/mol. The van der Waals surface area contributed by atoms with Crippen LogP contribution in [-0.2, 0) is 18.9 Å². The number of hydrogen-bond acceptors (Lipinski definition) is 3. The predicted molar refractivity (Wildman–Crippen MR) is 79.0 cm³/mol. The van der Waals surface area contributed by atoms with Crippen LogP contribution < -0.4 is 16.8 Å². The van der Waals surface area contributed by atoms with Crippen LogP contribution in [0.25, 0.3) is 0 Å². The van der Waals surface area contributed by atoms with Gasteiger partial charge < -0.3 is 16.8 Å². The van der Waals surface area contributed by atoms with E-state index in [-0.39, 0.29) is 36.8 Å². The molecule has 5 N–H and O–H groups in total. The Morgan fingerprint density at radius 3 is 1.83 bits per heavy atom. The summed E-state index contributed by atoms with van der Waals surface area (Å²) in [5, 5.41) is 2.78. The predicted octanol–water partition coefficient (Wildman–Crippen LogP) is 3.27. The van der Waals surface area contributed by atoms with Crippen molar-refractivity contribution >= 4 is 0 Å². The minimum absolute atomic E-state index is 0.0196. The van der Waals surface area contributed by atoms with Crippen LogP contribution in [0.3, 0.4) is 0 Å². The number of rotatable bonds is 7. The molecule has 1 aromatic rings. The molecule has 3 nitrogen and oxygen atoms in total. The molecule has 0 radical (unpaired) electrons. The molecule has 0 saturated carbocycles. The van der Waals surface area contributed by atoms with Crippen LogP contribution in [0.5, 0.6) is 0 Å². The fraction of sp³-hybridized carbons (Fsp3) is 0.600. The lowest BCUT2D eigenvalue weighted by molar-refractivity contribution is -0.143. The average Bonchev–Trinajstić information content (AvgIpc) is 2.43. The summed E-state index contributed by atoms with van der Waals surface area (Å²) in [4.78, 5) is 0. The van der Waals surface area contributed by atoms with Gasteiger partial charge in [-0.25, -0.2) is 0 Å². The lowest BCUT2D eigenvalue weighted by Crippen LogP contribution is -2.34. The summed E-state index contributed by atoms with van der Waals surface area (Å²) in [5.41, 5.74) is 8.64. The highest BCUT2D eigenvalue weighted by Crippen LogP contribution is 2.36. The molecule has 0 fully saturated rings. The summed E-state index contributed by atoms with van der Waals surface area (Å²) in [6.45, 7) is 1.95. The molecule has 0 saturated heterocycles. The second-order valence-corrected chi connectivity index (χ2v) is 5.86. The van der Waals surface area contributed by atoms with Gasteiger partial charge in [0.1, 0.15) is 0 Å². The number of benzene rings is 1. The fourth-order valence-electron chi connectivity index (χ4n) is 2.10. The first-order valence-corrected chi connectivity index (χ1v) is 7.40. The van der Waals surface area contributed by atoms with Crippen LogP contribution in [0.2, 0.25) is 0 Å². The largest absolute Gasteiger partial charge is 0.416 e. The molecule has 2 atom stereocenters. The van der Waals surface area contributed by atoms with Crippen LogP contribution in [0.4, 0.5) is 26.3 Å². The van der Waals surface area contributed by atoms with E-state index in [1.54, 1.807) is 0 Å². The molecule has 0 bridgehead atoms. The Morgan fingerprint density at radius 1 is 0.917 bits per heavy atom. The molecule has 1 rings (SSSR count). The van der Waals surface area contributed by atoms with Crippen LogP contribution in [0.1, 0.15) is 36.5 Å². The molecular formula is C15H21F6N3. The van der Waals surface area contributed by atoms with Crippen molar-refractivity contribution in [2.24, 2.45) is 11.5 Å². The molecule has 2 unspecified atom stereocenters. The quantitative estimate of drug-likeness (QED) is 0.657. The lowest BCUT2D eigenvalue weighted by Gasteiger charge is -2.16. The zero-order valence-corrected chi connectivity index (χ0v) is 13.1. The molecular weight excluding hydrogens is 336 g/mol. The smallest absolute Gasteiger partial charge is 0.328 e. The van der Waals surface area contributed by atoms with Crippen molar-refractivity contribution in [3.8, 4) is 0 Å². The van der Waals surface area contributed by atoms with Gasteiger partial charge in [-0.05, 0) is 43.5 Å². The van der Waals surface area contributed by atoms with Crippen LogP contribution in [-0.4, -0.2) is 18.6 Å². The first-order valence-electron chi connectivity index (χ1n) is 7.40. The normalized spacial score (nSPS) is 15.4. The number of hydrogen-bond donors (Lipinski definition) is 3. The Bertz CT molecular complexity index is 493. The van der Waals surface area contributed by atoms with E-state index in [1.165, 1.54) is 0 Å². The number of nitrogens with one attached hydrogen (secondary N) is 1. The topological polar surface area (TPSA) is 64.1 Å². The molecule has 0 aromatic heterocycles. The van der Waals surface area contributed by atoms with Crippen molar-refractivity contribution in [1.82, 2.24) is 5.32 Å². The summed E-state index contributed by atoms with van der Waals surface area (Å²) >= 11 is 0. The maximum Gasteiger partial charge on any atom is 0.416 e. The van der Waals surface area contributed by atoms with Gasteiger partial charge in [-0.15, -0.1) is 0 Å². The van der Waals surface area contributed by atoms with Crippen molar-refractivity contribution < 1.29 is 26.3 Å². The van der Waals surface area contributed by atoms with E-state index in [2.05, 4.69) is 5.32 Å². The van der Waals surface area contributed by atoms with Crippen molar-refractivity contribution in [2.45, 2.75) is 50.7 Å². The highest BCUT2D eigenvalue weighted by Gasteiger charge is 2.36. The summed E-state index contributed by atoms with van der Waals surface area (Å²) < 4.78 is 76.5. The van der Waals surface area contributed by atoms with Gasteiger partial charge in [-0.2, -0.15) is 26.3 Å². The van der Waals surface area contributed by atoms with E-state index in [4.69, 9.17) is 11.5 Å². The molecule has 24 heavy (non-hydrogen) atoms. The Kier molecular flexibility index (Phi) is 7.06. The van der Waals surface area contributed by atoms with Gasteiger partial charge in [0.2, 0.25) is 0 Å². The summed E-state index contributed by atoms with van der Waals surface area (Å²) in [6.07, 6.45) is -8.39. The SMILES string of the molecule is CC(N)CCC(N)CNCc1cc(C(F)(F)F)cc(C(F)(F)F)c1. The third-order valence-electron chi connectivity index (χ3n) is 3.38. The van der Waals surface area contributed by atoms with Crippen molar-refractivity contribution in [1.29, 1.82) is 0 Å². The fourth-order valence-corrected chi connectivity index (χ4v) is 2.10. The maximum absolute atomic E-state index is 12.7. The number of alkyl halides is 6. The van der Waals surface area contributed by atoms with Gasteiger partial charge in [0.05, 0.1) is 11.1 Å². The van der Waals surface area contributed by atoms with Gasteiger partial charge >= 0.3 is 12.4 Å². The van der Waals surface area contributed by atoms with Crippen LogP contribution in [0, 0.1) is 0 Å². The van der Waals surface area contributed by atoms with Crippen LogP contribution >= 0.6 is 0 Å². The van der Waals surface area contributed by atoms with Crippen molar-refractivity contribution in [3.05, 3.63) is 34.9 Å². The zero-order valence-electron chi connectivity index (χ0n) is 13.1. The third-order valence-corrected chi connectivity index (χ3v) is 3.38. The summed E-state index contributed by atoms with van der Waals surface area (Å²) in [5.74, 6) is 0. The minimum Gasteiger partial charge on any atom is -0.328 e. The van der Waals surface area contributed by atoms with Crippen LogP contribution in [0.15, 0.2) is 18.2 Å². The van der Waals surface area contributed by atoms with Gasteiger partial charge in [-0.1, -0.05) is 0 Å². The maximum atomic E-state index is 12.7. The van der Waals surface area contributed by atoms with E-state index in [0.29, 0.717) is 25.0 Å². The highest BCUT2D eigenvalue weighted by molar-refractivity contribution is 5.33. The lowest BCUT2D eigenvalue weighted by atomic mass is 10.0. The molecule has 138 valence electrons. The van der Waals surface area contributed by atoms with Crippen molar-refractivity contribution in [2.75, 3.05) is 6.54 Å². The summed E-state index contributed by atoms with van der Waals surface area (Å²) in [6, 6.07) is 1.22. The molecule has 0 aliphatic carbocycles. The highest BCUT2D eigenvalue weighted by atomic mass is 19.4. The van der Waals surface area contributed by atoms with E-state index in [9.17, 15) is 26.3 Å². The molecule has 9 heteroatoms. The Balaban J connectivity index is 2.77. The van der Waals surface area contributed by atoms with Gasteiger partial charge in [0.15, 0.2) is 0 Å². The minimum atomic E-state index is -4.84. The Hall–Kier alpha value is -1.32. The number of halogens is 6. The van der Waals surface area contributed by atoms with E-state index < -0.39 is 23.5 Å². The second-order valence-electron chi connectivity index (χ2n) is 5.86. The van der Waals surface area contributed by atoms with E-state index >= 15 is 0 Å². The first kappa shape index (κ1) is 20.7. The molecule has 0 spiro atoms. The molecule has 0 heterocycles. The van der Waals surface area contributed by atoms with Crippen molar-refractivity contribution in [3.63, 3.8) is 0 Å². The van der Waals surface area contributed by atoms with Gasteiger partial charge in [0.25, 0.3) is 0 Å². The van der Waals surface area contributed by atoms with E-state index in [0.717, 1.165) is 0 Å². The Morgan fingerprint density at radius 2 is 1.42 bits per heavy atom.